The van der Waals surface area contributed by atoms with Crippen molar-refractivity contribution < 1.29 is 4.79 Å². The van der Waals surface area contributed by atoms with E-state index in [0.717, 1.165) is 6.54 Å². The summed E-state index contributed by atoms with van der Waals surface area (Å²) in [5.74, 6) is 0.00291. The van der Waals surface area contributed by atoms with Gasteiger partial charge >= 0.3 is 0 Å². The lowest BCUT2D eigenvalue weighted by Crippen LogP contribution is -2.58. The first-order chi connectivity index (χ1) is 8.39. The molecule has 5 heteroatoms. The van der Waals surface area contributed by atoms with Gasteiger partial charge in [0.15, 0.2) is 0 Å². The fourth-order valence-electron chi connectivity index (χ4n) is 2.13. The van der Waals surface area contributed by atoms with Gasteiger partial charge in [-0.2, -0.15) is 0 Å². The van der Waals surface area contributed by atoms with Crippen LogP contribution in [0.2, 0.25) is 10.0 Å². The highest BCUT2D eigenvalue weighted by molar-refractivity contribution is 6.42. The molecule has 1 amide bonds. The molecule has 1 heterocycles. The van der Waals surface area contributed by atoms with Crippen LogP contribution >= 0.6 is 23.2 Å². The molecule has 3 nitrogen and oxygen atoms in total. The number of halogens is 2. The molecule has 0 aromatic heterocycles. The fourth-order valence-corrected chi connectivity index (χ4v) is 2.42. The molecule has 18 heavy (non-hydrogen) atoms. The first-order valence-corrected chi connectivity index (χ1v) is 6.64. The van der Waals surface area contributed by atoms with E-state index in [4.69, 9.17) is 23.2 Å². The Morgan fingerprint density at radius 1 is 1.33 bits per heavy atom. The van der Waals surface area contributed by atoms with Crippen molar-refractivity contribution in [1.82, 2.24) is 10.2 Å². The summed E-state index contributed by atoms with van der Waals surface area (Å²) in [5.41, 5.74) is 0.534. The van der Waals surface area contributed by atoms with Crippen molar-refractivity contribution in [2.75, 3.05) is 19.6 Å². The third-order valence-corrected chi connectivity index (χ3v) is 3.76. The maximum atomic E-state index is 12.3. The molecule has 1 aromatic carbocycles. The number of amides is 1. The number of rotatable bonds is 1. The standard InChI is InChI=1S/C13H16Cl2N2O/c1-13(2)8-17(6-5-16-13)12(18)9-3-4-10(14)11(15)7-9/h3-4,7,16H,5-6,8H2,1-2H3. The van der Waals surface area contributed by atoms with E-state index < -0.39 is 0 Å². The molecule has 0 unspecified atom stereocenters. The van der Waals surface area contributed by atoms with Crippen LogP contribution in [0.3, 0.4) is 0 Å². The zero-order valence-corrected chi connectivity index (χ0v) is 12.0. The van der Waals surface area contributed by atoms with E-state index in [0.29, 0.717) is 28.7 Å². The number of carbonyl (C=O) groups is 1. The number of benzene rings is 1. The summed E-state index contributed by atoms with van der Waals surface area (Å²) in [7, 11) is 0. The first kappa shape index (κ1) is 13.7. The quantitative estimate of drug-likeness (QED) is 0.861. The largest absolute Gasteiger partial charge is 0.336 e. The van der Waals surface area contributed by atoms with Gasteiger partial charge in [0.05, 0.1) is 10.0 Å². The average Bonchev–Trinajstić information content (AvgIpc) is 2.30. The van der Waals surface area contributed by atoms with Crippen molar-refractivity contribution in [2.45, 2.75) is 19.4 Å². The molecule has 0 bridgehead atoms. The van der Waals surface area contributed by atoms with Gasteiger partial charge < -0.3 is 10.2 Å². The van der Waals surface area contributed by atoms with Crippen LogP contribution in [0.5, 0.6) is 0 Å². The van der Waals surface area contributed by atoms with Crippen molar-refractivity contribution in [3.05, 3.63) is 33.8 Å². The van der Waals surface area contributed by atoms with Crippen molar-refractivity contribution in [2.24, 2.45) is 0 Å². The summed E-state index contributed by atoms with van der Waals surface area (Å²) in [6.07, 6.45) is 0. The Balaban J connectivity index is 2.18. The minimum absolute atomic E-state index is 0.00291. The van der Waals surface area contributed by atoms with Crippen LogP contribution in [0.4, 0.5) is 0 Å². The highest BCUT2D eigenvalue weighted by Gasteiger charge is 2.29. The van der Waals surface area contributed by atoms with Crippen molar-refractivity contribution in [3.63, 3.8) is 0 Å². The molecule has 0 saturated carbocycles. The lowest BCUT2D eigenvalue weighted by molar-refractivity contribution is 0.0652. The average molecular weight is 287 g/mol. The predicted molar refractivity (Wildman–Crippen MR) is 74.4 cm³/mol. The lowest BCUT2D eigenvalue weighted by Gasteiger charge is -2.39. The van der Waals surface area contributed by atoms with Crippen molar-refractivity contribution in [1.29, 1.82) is 0 Å². The molecule has 0 spiro atoms. The smallest absolute Gasteiger partial charge is 0.254 e. The van der Waals surface area contributed by atoms with Gasteiger partial charge in [0, 0.05) is 30.7 Å². The zero-order chi connectivity index (χ0) is 13.3. The van der Waals surface area contributed by atoms with Gasteiger partial charge in [-0.15, -0.1) is 0 Å². The molecule has 1 aromatic rings. The van der Waals surface area contributed by atoms with Gasteiger partial charge in [-0.25, -0.2) is 0 Å². The molecule has 98 valence electrons. The van der Waals surface area contributed by atoms with Crippen LogP contribution in [-0.4, -0.2) is 36.0 Å². The summed E-state index contributed by atoms with van der Waals surface area (Å²) in [6, 6.07) is 5.00. The molecular formula is C13H16Cl2N2O. The van der Waals surface area contributed by atoms with E-state index in [1.165, 1.54) is 0 Å². The minimum atomic E-state index is -0.0515. The Kier molecular flexibility index (Phi) is 3.85. The van der Waals surface area contributed by atoms with Crippen molar-refractivity contribution in [3.8, 4) is 0 Å². The van der Waals surface area contributed by atoms with Gasteiger partial charge in [0.25, 0.3) is 5.91 Å². The van der Waals surface area contributed by atoms with Crippen LogP contribution < -0.4 is 5.32 Å². The first-order valence-electron chi connectivity index (χ1n) is 5.88. The summed E-state index contributed by atoms with van der Waals surface area (Å²) in [6.45, 7) is 6.37. The Morgan fingerprint density at radius 3 is 2.67 bits per heavy atom. The fraction of sp³-hybridized carbons (Fsp3) is 0.462. The minimum Gasteiger partial charge on any atom is -0.336 e. The molecule has 1 fully saturated rings. The summed E-state index contributed by atoms with van der Waals surface area (Å²) >= 11 is 11.8. The molecular weight excluding hydrogens is 271 g/mol. The Bertz CT molecular complexity index is 474. The number of piperazine rings is 1. The Hall–Kier alpha value is -0.770. The highest BCUT2D eigenvalue weighted by atomic mass is 35.5. The maximum absolute atomic E-state index is 12.3. The van der Waals surface area contributed by atoms with Gasteiger partial charge in [0.2, 0.25) is 0 Å². The van der Waals surface area contributed by atoms with Crippen LogP contribution in [0.1, 0.15) is 24.2 Å². The monoisotopic (exact) mass is 286 g/mol. The summed E-state index contributed by atoms with van der Waals surface area (Å²) in [4.78, 5) is 14.2. The molecule has 2 rings (SSSR count). The molecule has 1 N–H and O–H groups in total. The van der Waals surface area contributed by atoms with Crippen LogP contribution in [0, 0.1) is 0 Å². The SMILES string of the molecule is CC1(C)CN(C(=O)c2ccc(Cl)c(Cl)c2)CCN1. The number of nitrogens with zero attached hydrogens (tertiary/aromatic N) is 1. The van der Waals surface area contributed by atoms with Crippen LogP contribution in [-0.2, 0) is 0 Å². The Labute approximate surface area is 117 Å². The van der Waals surface area contributed by atoms with Gasteiger partial charge in [-0.05, 0) is 32.0 Å². The molecule has 1 saturated heterocycles. The predicted octanol–water partition coefficient (Wildman–Crippen LogP) is 2.82. The number of nitrogens with one attached hydrogen (secondary N) is 1. The van der Waals surface area contributed by atoms with Crippen molar-refractivity contribution >= 4 is 29.1 Å². The lowest BCUT2D eigenvalue weighted by atomic mass is 10.0. The molecule has 0 atom stereocenters. The van der Waals surface area contributed by atoms with Gasteiger partial charge in [0.1, 0.15) is 0 Å². The second-order valence-corrected chi connectivity index (χ2v) is 5.98. The van der Waals surface area contributed by atoms with E-state index in [1.807, 2.05) is 4.90 Å². The zero-order valence-electron chi connectivity index (χ0n) is 10.5. The van der Waals surface area contributed by atoms with E-state index in [1.54, 1.807) is 18.2 Å². The number of carbonyl (C=O) groups excluding carboxylic acids is 1. The topological polar surface area (TPSA) is 32.3 Å². The number of hydrogen-bond acceptors (Lipinski definition) is 2. The van der Waals surface area contributed by atoms with E-state index in [9.17, 15) is 4.79 Å². The van der Waals surface area contributed by atoms with E-state index in [2.05, 4.69) is 19.2 Å². The molecule has 1 aliphatic heterocycles. The maximum Gasteiger partial charge on any atom is 0.254 e. The van der Waals surface area contributed by atoms with E-state index >= 15 is 0 Å². The normalized spacial score (nSPS) is 18.8. The molecule has 0 radical (unpaired) electrons. The molecule has 1 aliphatic rings. The van der Waals surface area contributed by atoms with Gasteiger partial charge in [-0.1, -0.05) is 23.2 Å². The third kappa shape index (κ3) is 2.97. The molecule has 0 aliphatic carbocycles. The van der Waals surface area contributed by atoms with Crippen LogP contribution in [0.25, 0.3) is 0 Å². The van der Waals surface area contributed by atoms with Crippen LogP contribution in [0.15, 0.2) is 18.2 Å². The second kappa shape index (κ2) is 5.08. The second-order valence-electron chi connectivity index (χ2n) is 5.17. The number of hydrogen-bond donors (Lipinski definition) is 1. The highest BCUT2D eigenvalue weighted by Crippen LogP contribution is 2.24. The Morgan fingerprint density at radius 2 is 2.06 bits per heavy atom. The third-order valence-electron chi connectivity index (χ3n) is 3.03. The summed E-state index contributed by atoms with van der Waals surface area (Å²) < 4.78 is 0. The van der Waals surface area contributed by atoms with E-state index in [-0.39, 0.29) is 11.4 Å². The summed E-state index contributed by atoms with van der Waals surface area (Å²) in [5, 5.41) is 4.25. The van der Waals surface area contributed by atoms with Gasteiger partial charge in [-0.3, -0.25) is 4.79 Å².